The molecule has 0 bridgehead atoms. The van der Waals surface area contributed by atoms with Crippen LogP contribution in [0.5, 0.6) is 5.75 Å². The van der Waals surface area contributed by atoms with Crippen LogP contribution in [0, 0.1) is 24.2 Å². The van der Waals surface area contributed by atoms with Gasteiger partial charge in [0.05, 0.1) is 0 Å². The number of piperidine rings is 1. The van der Waals surface area contributed by atoms with Gasteiger partial charge in [-0.05, 0) is 73.2 Å². The normalized spacial score (nSPS) is 24.2. The number of aryl methyl sites for hydroxylation is 1. The van der Waals surface area contributed by atoms with Crippen molar-refractivity contribution >= 4 is 0 Å². The molecule has 2 fully saturated rings. The van der Waals surface area contributed by atoms with Crippen LogP contribution in [0.15, 0.2) is 54.6 Å². The van der Waals surface area contributed by atoms with Crippen LogP contribution >= 0.6 is 0 Å². The van der Waals surface area contributed by atoms with Gasteiger partial charge in [-0.3, -0.25) is 0 Å². The summed E-state index contributed by atoms with van der Waals surface area (Å²) in [6, 6.07) is 16.8. The zero-order chi connectivity index (χ0) is 19.6. The van der Waals surface area contributed by atoms with E-state index >= 15 is 0 Å². The predicted octanol–water partition coefficient (Wildman–Crippen LogP) is 5.34. The Morgan fingerprint density at radius 3 is 2.46 bits per heavy atom. The SMILES string of the molecule is FC(F)(F)Oc1cccc([CH]CC2C3CN(CCCc4ccccc4)CC23)c1. The standard InChI is InChI=1S/C23H25F3NO/c24-23(25,26)28-19-10-4-8-18(14-19)11-12-20-21-15-27(16-22(20)21)13-5-9-17-6-2-1-3-7-17/h1-4,6-8,10-11,14,20-22H,5,9,12-13,15-16H2. The Morgan fingerprint density at radius 1 is 1.00 bits per heavy atom. The summed E-state index contributed by atoms with van der Waals surface area (Å²) in [7, 11) is 0. The molecule has 2 aromatic carbocycles. The van der Waals surface area contributed by atoms with E-state index in [-0.39, 0.29) is 5.75 Å². The second-order valence-corrected chi connectivity index (χ2v) is 7.90. The highest BCUT2D eigenvalue weighted by Gasteiger charge is 2.54. The van der Waals surface area contributed by atoms with E-state index in [1.165, 1.54) is 24.1 Å². The number of alkyl halides is 3. The van der Waals surface area contributed by atoms with Crippen LogP contribution in [-0.2, 0) is 6.42 Å². The molecule has 2 atom stereocenters. The Labute approximate surface area is 164 Å². The van der Waals surface area contributed by atoms with Gasteiger partial charge in [-0.2, -0.15) is 0 Å². The third-order valence-electron chi connectivity index (χ3n) is 5.95. The molecule has 1 saturated heterocycles. The van der Waals surface area contributed by atoms with E-state index in [2.05, 4.69) is 33.9 Å². The smallest absolute Gasteiger partial charge is 0.406 e. The van der Waals surface area contributed by atoms with E-state index < -0.39 is 6.36 Å². The summed E-state index contributed by atoms with van der Waals surface area (Å²) in [5.74, 6) is 2.03. The summed E-state index contributed by atoms with van der Waals surface area (Å²) < 4.78 is 41.0. The lowest BCUT2D eigenvalue weighted by molar-refractivity contribution is -0.274. The molecule has 1 aliphatic carbocycles. The monoisotopic (exact) mass is 388 g/mol. The van der Waals surface area contributed by atoms with Gasteiger partial charge in [0, 0.05) is 13.1 Å². The van der Waals surface area contributed by atoms with Crippen molar-refractivity contribution in [2.45, 2.75) is 25.6 Å². The first-order valence-electron chi connectivity index (χ1n) is 9.93. The first kappa shape index (κ1) is 19.3. The van der Waals surface area contributed by atoms with Crippen molar-refractivity contribution in [1.82, 2.24) is 4.90 Å². The molecule has 0 spiro atoms. The molecule has 0 aromatic heterocycles. The molecule has 1 aliphatic heterocycles. The molecular weight excluding hydrogens is 363 g/mol. The third-order valence-corrected chi connectivity index (χ3v) is 5.95. The molecule has 5 heteroatoms. The van der Waals surface area contributed by atoms with Crippen molar-refractivity contribution in [3.8, 4) is 5.75 Å². The Kier molecular flexibility index (Phi) is 5.63. The fourth-order valence-corrected chi connectivity index (χ4v) is 4.53. The molecule has 2 unspecified atom stereocenters. The van der Waals surface area contributed by atoms with E-state index in [1.54, 1.807) is 6.07 Å². The summed E-state index contributed by atoms with van der Waals surface area (Å²) in [4.78, 5) is 2.56. The van der Waals surface area contributed by atoms with Crippen LogP contribution in [0.1, 0.15) is 24.0 Å². The van der Waals surface area contributed by atoms with Gasteiger partial charge in [-0.15, -0.1) is 13.2 Å². The molecule has 28 heavy (non-hydrogen) atoms. The number of rotatable bonds is 8. The Hall–Kier alpha value is -2.01. The average Bonchev–Trinajstić information content (AvgIpc) is 3.10. The van der Waals surface area contributed by atoms with E-state index in [9.17, 15) is 13.2 Å². The van der Waals surface area contributed by atoms with Crippen molar-refractivity contribution in [1.29, 1.82) is 0 Å². The van der Waals surface area contributed by atoms with Crippen molar-refractivity contribution in [2.75, 3.05) is 19.6 Å². The minimum atomic E-state index is -4.64. The van der Waals surface area contributed by atoms with Crippen molar-refractivity contribution < 1.29 is 17.9 Å². The maximum absolute atomic E-state index is 12.3. The fraction of sp³-hybridized carbons (Fsp3) is 0.435. The Morgan fingerprint density at radius 2 is 1.75 bits per heavy atom. The molecule has 2 nitrogen and oxygen atoms in total. The lowest BCUT2D eigenvalue weighted by Gasteiger charge is -2.19. The predicted molar refractivity (Wildman–Crippen MR) is 103 cm³/mol. The van der Waals surface area contributed by atoms with Gasteiger partial charge in [0.25, 0.3) is 0 Å². The van der Waals surface area contributed by atoms with E-state index in [0.717, 1.165) is 49.9 Å². The van der Waals surface area contributed by atoms with Gasteiger partial charge < -0.3 is 9.64 Å². The lowest BCUT2D eigenvalue weighted by atomic mass is 10.0. The summed E-state index contributed by atoms with van der Waals surface area (Å²) >= 11 is 0. The first-order valence-corrected chi connectivity index (χ1v) is 9.93. The Bertz CT molecular complexity index is 765. The number of nitrogens with zero attached hydrogens (tertiary/aromatic N) is 1. The number of hydrogen-bond donors (Lipinski definition) is 0. The minimum Gasteiger partial charge on any atom is -0.406 e. The number of benzene rings is 2. The lowest BCUT2D eigenvalue weighted by Crippen LogP contribution is -2.26. The van der Waals surface area contributed by atoms with Gasteiger partial charge in [-0.1, -0.05) is 42.5 Å². The van der Waals surface area contributed by atoms with Gasteiger partial charge in [-0.25, -0.2) is 0 Å². The second kappa shape index (κ2) is 8.16. The summed E-state index contributed by atoms with van der Waals surface area (Å²) in [5, 5.41) is 0. The van der Waals surface area contributed by atoms with Crippen LogP contribution in [0.3, 0.4) is 0 Å². The Balaban J connectivity index is 1.16. The zero-order valence-corrected chi connectivity index (χ0v) is 15.7. The topological polar surface area (TPSA) is 12.5 Å². The highest BCUT2D eigenvalue weighted by molar-refractivity contribution is 5.33. The van der Waals surface area contributed by atoms with Gasteiger partial charge in [0.15, 0.2) is 0 Å². The van der Waals surface area contributed by atoms with Crippen LogP contribution in [0.25, 0.3) is 0 Å². The number of fused-ring (bicyclic) bond motifs is 1. The quantitative estimate of drug-likeness (QED) is 0.605. The molecule has 2 aliphatic rings. The molecule has 2 aromatic rings. The average molecular weight is 388 g/mol. The molecular formula is C23H25F3NO. The van der Waals surface area contributed by atoms with E-state index in [0.29, 0.717) is 5.92 Å². The summed E-state index contributed by atoms with van der Waals surface area (Å²) in [6.45, 7) is 3.47. The zero-order valence-electron chi connectivity index (χ0n) is 15.7. The van der Waals surface area contributed by atoms with E-state index in [4.69, 9.17) is 0 Å². The van der Waals surface area contributed by atoms with E-state index in [1.807, 2.05) is 18.6 Å². The van der Waals surface area contributed by atoms with Gasteiger partial charge in [0.1, 0.15) is 5.75 Å². The van der Waals surface area contributed by atoms with Crippen LogP contribution < -0.4 is 4.74 Å². The fourth-order valence-electron chi connectivity index (χ4n) is 4.53. The summed E-state index contributed by atoms with van der Waals surface area (Å²) in [6.07, 6.45) is 0.650. The van der Waals surface area contributed by atoms with Crippen molar-refractivity contribution in [3.63, 3.8) is 0 Å². The van der Waals surface area contributed by atoms with Gasteiger partial charge in [0.2, 0.25) is 0 Å². The van der Waals surface area contributed by atoms with Crippen LogP contribution in [0.2, 0.25) is 0 Å². The molecule has 149 valence electrons. The highest BCUT2D eigenvalue weighted by Crippen LogP contribution is 2.54. The maximum atomic E-state index is 12.3. The number of ether oxygens (including phenoxy) is 1. The molecule has 1 heterocycles. The number of hydrogen-bond acceptors (Lipinski definition) is 2. The molecule has 4 rings (SSSR count). The molecule has 0 N–H and O–H groups in total. The maximum Gasteiger partial charge on any atom is 0.573 e. The molecule has 0 amide bonds. The van der Waals surface area contributed by atoms with Crippen LogP contribution in [0.4, 0.5) is 13.2 Å². The third kappa shape index (κ3) is 5.07. The molecule has 1 radical (unpaired) electrons. The van der Waals surface area contributed by atoms with Crippen molar-refractivity contribution in [2.24, 2.45) is 17.8 Å². The number of halogens is 3. The van der Waals surface area contributed by atoms with Crippen molar-refractivity contribution in [3.05, 3.63) is 72.1 Å². The number of likely N-dealkylation sites (tertiary alicyclic amines) is 1. The van der Waals surface area contributed by atoms with Crippen LogP contribution in [-0.4, -0.2) is 30.9 Å². The first-order chi connectivity index (χ1) is 13.5. The largest absolute Gasteiger partial charge is 0.573 e. The minimum absolute atomic E-state index is 0.151. The second-order valence-electron chi connectivity index (χ2n) is 7.90. The molecule has 1 saturated carbocycles. The summed E-state index contributed by atoms with van der Waals surface area (Å²) in [5.41, 5.74) is 2.20. The van der Waals surface area contributed by atoms with Gasteiger partial charge >= 0.3 is 6.36 Å². The highest BCUT2D eigenvalue weighted by atomic mass is 19.4.